The first-order chi connectivity index (χ1) is 9.81. The highest BCUT2D eigenvalue weighted by molar-refractivity contribution is 6.17. The molecule has 20 heavy (non-hydrogen) atoms. The van der Waals surface area contributed by atoms with E-state index in [1.54, 1.807) is 7.11 Å². The van der Waals surface area contributed by atoms with Crippen molar-refractivity contribution in [2.45, 2.75) is 12.4 Å². The fourth-order valence-electron chi connectivity index (χ4n) is 2.33. The number of hydrogen-bond acceptors (Lipinski definition) is 2. The number of hydrogen-bond donors (Lipinski definition) is 0. The van der Waals surface area contributed by atoms with Gasteiger partial charge in [0.15, 0.2) is 0 Å². The summed E-state index contributed by atoms with van der Waals surface area (Å²) in [4.78, 5) is 0. The van der Waals surface area contributed by atoms with Gasteiger partial charge in [-0.3, -0.25) is 4.68 Å². The van der Waals surface area contributed by atoms with E-state index in [0.29, 0.717) is 5.88 Å². The Morgan fingerprint density at radius 3 is 2.65 bits per heavy atom. The normalized spacial score (nSPS) is 10.9. The molecular weight excluding hydrogens is 272 g/mol. The van der Waals surface area contributed by atoms with E-state index < -0.39 is 0 Å². The summed E-state index contributed by atoms with van der Waals surface area (Å²) in [6.45, 7) is 0.737. The second kappa shape index (κ2) is 5.55. The van der Waals surface area contributed by atoms with Crippen LogP contribution in [-0.2, 0) is 12.4 Å². The van der Waals surface area contributed by atoms with Crippen molar-refractivity contribution < 1.29 is 4.74 Å². The van der Waals surface area contributed by atoms with E-state index in [1.807, 2.05) is 41.1 Å². The van der Waals surface area contributed by atoms with Crippen molar-refractivity contribution in [3.63, 3.8) is 0 Å². The van der Waals surface area contributed by atoms with E-state index in [9.17, 15) is 0 Å². The van der Waals surface area contributed by atoms with Gasteiger partial charge in [0.05, 0.1) is 30.7 Å². The Balaban J connectivity index is 2.07. The summed E-state index contributed by atoms with van der Waals surface area (Å²) < 4.78 is 7.26. The Kier molecular flexibility index (Phi) is 3.61. The number of halogens is 1. The van der Waals surface area contributed by atoms with Gasteiger partial charge in [-0.2, -0.15) is 5.10 Å². The van der Waals surface area contributed by atoms with Gasteiger partial charge in [-0.1, -0.05) is 30.3 Å². The third kappa shape index (κ3) is 2.37. The topological polar surface area (TPSA) is 27.1 Å². The standard InChI is InChI=1S/C16H15ClN2O/c1-20-13-7-8-16-14(9-13)15(10-17)18-19(16)11-12-5-3-2-4-6-12/h2-9H,10-11H2,1H3. The van der Waals surface area contributed by atoms with Gasteiger partial charge >= 0.3 is 0 Å². The van der Waals surface area contributed by atoms with Crippen molar-refractivity contribution in [1.29, 1.82) is 0 Å². The lowest BCUT2D eigenvalue weighted by atomic mass is 10.2. The maximum atomic E-state index is 6.00. The SMILES string of the molecule is COc1ccc2c(c1)c(CCl)nn2Cc1ccccc1. The minimum absolute atomic E-state index is 0.394. The zero-order valence-corrected chi connectivity index (χ0v) is 12.0. The van der Waals surface area contributed by atoms with Crippen LogP contribution in [0.1, 0.15) is 11.3 Å². The molecule has 0 aliphatic carbocycles. The summed E-state index contributed by atoms with van der Waals surface area (Å²) in [5.74, 6) is 1.22. The van der Waals surface area contributed by atoms with Gasteiger partial charge in [-0.05, 0) is 23.8 Å². The monoisotopic (exact) mass is 286 g/mol. The number of fused-ring (bicyclic) bond motifs is 1. The third-order valence-corrected chi connectivity index (χ3v) is 3.59. The third-order valence-electron chi connectivity index (χ3n) is 3.34. The lowest BCUT2D eigenvalue weighted by Crippen LogP contribution is -2.01. The minimum Gasteiger partial charge on any atom is -0.497 e. The maximum Gasteiger partial charge on any atom is 0.119 e. The Morgan fingerprint density at radius 2 is 1.95 bits per heavy atom. The van der Waals surface area contributed by atoms with Gasteiger partial charge in [0.25, 0.3) is 0 Å². The lowest BCUT2D eigenvalue weighted by molar-refractivity contribution is 0.415. The van der Waals surface area contributed by atoms with Crippen LogP contribution in [0, 0.1) is 0 Å². The summed E-state index contributed by atoms with van der Waals surface area (Å²) in [6, 6.07) is 16.2. The van der Waals surface area contributed by atoms with Gasteiger partial charge in [0.1, 0.15) is 5.75 Å². The van der Waals surface area contributed by atoms with Crippen LogP contribution >= 0.6 is 11.6 Å². The average molecular weight is 287 g/mol. The number of methoxy groups -OCH3 is 1. The largest absolute Gasteiger partial charge is 0.497 e. The molecule has 3 rings (SSSR count). The average Bonchev–Trinajstić information content (AvgIpc) is 2.85. The zero-order chi connectivity index (χ0) is 13.9. The van der Waals surface area contributed by atoms with E-state index in [1.165, 1.54) is 5.56 Å². The molecule has 102 valence electrons. The molecule has 0 bridgehead atoms. The van der Waals surface area contributed by atoms with E-state index in [2.05, 4.69) is 17.2 Å². The van der Waals surface area contributed by atoms with Gasteiger partial charge < -0.3 is 4.74 Å². The van der Waals surface area contributed by atoms with Crippen LogP contribution < -0.4 is 4.74 Å². The molecule has 0 atom stereocenters. The number of aromatic nitrogens is 2. The Hall–Kier alpha value is -2.00. The minimum atomic E-state index is 0.394. The van der Waals surface area contributed by atoms with Gasteiger partial charge in [-0.15, -0.1) is 11.6 Å². The first kappa shape index (κ1) is 13.0. The second-order valence-electron chi connectivity index (χ2n) is 4.61. The quantitative estimate of drug-likeness (QED) is 0.682. The van der Waals surface area contributed by atoms with Crippen molar-refractivity contribution in [3.8, 4) is 5.75 Å². The van der Waals surface area contributed by atoms with Crippen LogP contribution in [0.2, 0.25) is 0 Å². The van der Waals surface area contributed by atoms with Crippen LogP contribution in [0.3, 0.4) is 0 Å². The van der Waals surface area contributed by atoms with Gasteiger partial charge in [0.2, 0.25) is 0 Å². The molecule has 4 heteroatoms. The molecule has 1 aromatic heterocycles. The predicted octanol–water partition coefficient (Wildman–Crippen LogP) is 3.83. The van der Waals surface area contributed by atoms with Crippen LogP contribution in [0.25, 0.3) is 10.9 Å². The predicted molar refractivity (Wildman–Crippen MR) is 81.4 cm³/mol. The molecular formula is C16H15ClN2O. The van der Waals surface area contributed by atoms with Crippen molar-refractivity contribution in [3.05, 3.63) is 59.8 Å². The van der Waals surface area contributed by atoms with Crippen LogP contribution in [0.5, 0.6) is 5.75 Å². The maximum absolute atomic E-state index is 6.00. The summed E-state index contributed by atoms with van der Waals surface area (Å²) in [6.07, 6.45) is 0. The molecule has 0 saturated carbocycles. The summed E-state index contributed by atoms with van der Waals surface area (Å²) in [5.41, 5.74) is 3.18. The van der Waals surface area contributed by atoms with E-state index in [-0.39, 0.29) is 0 Å². The first-order valence-corrected chi connectivity index (χ1v) is 6.98. The number of alkyl halides is 1. The van der Waals surface area contributed by atoms with Crippen molar-refractivity contribution in [1.82, 2.24) is 9.78 Å². The van der Waals surface area contributed by atoms with Crippen LogP contribution in [0.15, 0.2) is 48.5 Å². The Labute approximate surface area is 122 Å². The molecule has 0 unspecified atom stereocenters. The van der Waals surface area contributed by atoms with E-state index >= 15 is 0 Å². The molecule has 0 radical (unpaired) electrons. The second-order valence-corrected chi connectivity index (χ2v) is 4.87. The van der Waals surface area contributed by atoms with E-state index in [4.69, 9.17) is 16.3 Å². The molecule has 0 fully saturated rings. The fourth-order valence-corrected chi connectivity index (χ4v) is 2.52. The highest BCUT2D eigenvalue weighted by Gasteiger charge is 2.11. The highest BCUT2D eigenvalue weighted by Crippen LogP contribution is 2.25. The van der Waals surface area contributed by atoms with Crippen molar-refractivity contribution in [2.75, 3.05) is 7.11 Å². The molecule has 3 nitrogen and oxygen atoms in total. The fraction of sp³-hybridized carbons (Fsp3) is 0.188. The molecule has 3 aromatic rings. The molecule has 0 saturated heterocycles. The summed E-state index contributed by atoms with van der Waals surface area (Å²) >= 11 is 6.00. The number of benzene rings is 2. The molecule has 0 spiro atoms. The van der Waals surface area contributed by atoms with Crippen molar-refractivity contribution >= 4 is 22.5 Å². The van der Waals surface area contributed by atoms with Crippen LogP contribution in [-0.4, -0.2) is 16.9 Å². The van der Waals surface area contributed by atoms with Gasteiger partial charge in [-0.25, -0.2) is 0 Å². The highest BCUT2D eigenvalue weighted by atomic mass is 35.5. The number of nitrogens with zero attached hydrogens (tertiary/aromatic N) is 2. The summed E-state index contributed by atoms with van der Waals surface area (Å²) in [5, 5.41) is 5.66. The number of ether oxygens (including phenoxy) is 1. The molecule has 1 heterocycles. The van der Waals surface area contributed by atoms with Gasteiger partial charge in [0, 0.05) is 5.39 Å². The Morgan fingerprint density at radius 1 is 1.15 bits per heavy atom. The smallest absolute Gasteiger partial charge is 0.119 e. The molecule has 0 N–H and O–H groups in total. The zero-order valence-electron chi connectivity index (χ0n) is 11.2. The molecule has 2 aromatic carbocycles. The van der Waals surface area contributed by atoms with E-state index in [0.717, 1.165) is 28.9 Å². The van der Waals surface area contributed by atoms with Crippen molar-refractivity contribution in [2.24, 2.45) is 0 Å². The number of rotatable bonds is 4. The van der Waals surface area contributed by atoms with Crippen LogP contribution in [0.4, 0.5) is 0 Å². The molecule has 0 aliphatic heterocycles. The Bertz CT molecular complexity index is 722. The molecule has 0 amide bonds. The summed E-state index contributed by atoms with van der Waals surface area (Å²) in [7, 11) is 1.66. The molecule has 0 aliphatic rings. The first-order valence-electron chi connectivity index (χ1n) is 6.45. The lowest BCUT2D eigenvalue weighted by Gasteiger charge is -2.04.